The zero-order valence-electron chi connectivity index (χ0n) is 11.5. The first-order valence-corrected chi connectivity index (χ1v) is 7.69. The van der Waals surface area contributed by atoms with Gasteiger partial charge in [-0.15, -0.1) is 0 Å². The lowest BCUT2D eigenvalue weighted by Gasteiger charge is -2.34. The smallest absolute Gasteiger partial charge is 0.336 e. The van der Waals surface area contributed by atoms with Gasteiger partial charge in [-0.2, -0.15) is 17.4 Å². The number of nitrogens with zero attached hydrogens (tertiary/aromatic N) is 1. The second-order valence-electron chi connectivity index (χ2n) is 5.67. The zero-order chi connectivity index (χ0) is 14.8. The van der Waals surface area contributed by atoms with E-state index in [1.807, 2.05) is 13.8 Å². The maximum atomic E-state index is 12.1. The van der Waals surface area contributed by atoms with Crippen LogP contribution in [0.15, 0.2) is 0 Å². The molecule has 0 aromatic carbocycles. The molecule has 112 valence electrons. The van der Waals surface area contributed by atoms with Gasteiger partial charge < -0.3 is 10.2 Å². The molecule has 1 fully saturated rings. The number of piperidine rings is 1. The molecule has 0 spiro atoms. The molecule has 1 rings (SSSR count). The normalized spacial score (nSPS) is 28.8. The van der Waals surface area contributed by atoms with Gasteiger partial charge in [0.1, 0.15) is 0 Å². The van der Waals surface area contributed by atoms with Crippen molar-refractivity contribution in [2.45, 2.75) is 32.8 Å². The van der Waals surface area contributed by atoms with Crippen LogP contribution in [0.5, 0.6) is 0 Å². The highest BCUT2D eigenvalue weighted by Gasteiger charge is 2.35. The number of hydrogen-bond donors (Lipinski definition) is 3. The molecular weight excluding hydrogens is 272 g/mol. The molecule has 0 aromatic rings. The highest BCUT2D eigenvalue weighted by atomic mass is 32.2. The van der Waals surface area contributed by atoms with Crippen molar-refractivity contribution in [3.8, 4) is 0 Å². The Bertz CT molecular complexity index is 424. The Morgan fingerprint density at radius 3 is 2.26 bits per heavy atom. The van der Waals surface area contributed by atoms with Gasteiger partial charge in [0.15, 0.2) is 5.60 Å². The van der Waals surface area contributed by atoms with Gasteiger partial charge in [0.05, 0.1) is 6.54 Å². The van der Waals surface area contributed by atoms with E-state index in [-0.39, 0.29) is 11.8 Å². The molecule has 0 radical (unpaired) electrons. The van der Waals surface area contributed by atoms with Crippen LogP contribution in [0, 0.1) is 11.8 Å². The first kappa shape index (κ1) is 16.4. The summed E-state index contributed by atoms with van der Waals surface area (Å²) in [6, 6.07) is 0. The average molecular weight is 294 g/mol. The van der Waals surface area contributed by atoms with Crippen LogP contribution >= 0.6 is 0 Å². The van der Waals surface area contributed by atoms with Crippen LogP contribution in [-0.4, -0.2) is 54.1 Å². The largest absolute Gasteiger partial charge is 0.479 e. The second kappa shape index (κ2) is 5.74. The molecule has 3 N–H and O–H groups in total. The fourth-order valence-electron chi connectivity index (χ4n) is 2.20. The van der Waals surface area contributed by atoms with E-state index in [1.165, 1.54) is 4.31 Å². The van der Waals surface area contributed by atoms with Crippen molar-refractivity contribution >= 4 is 16.2 Å². The Labute approximate surface area is 113 Å². The van der Waals surface area contributed by atoms with E-state index in [9.17, 15) is 18.3 Å². The van der Waals surface area contributed by atoms with E-state index < -0.39 is 28.3 Å². The number of carboxylic acid groups (broad SMARTS) is 1. The lowest BCUT2D eigenvalue weighted by molar-refractivity contribution is -0.155. The van der Waals surface area contributed by atoms with Crippen molar-refractivity contribution in [1.82, 2.24) is 9.03 Å². The van der Waals surface area contributed by atoms with E-state index in [4.69, 9.17) is 5.11 Å². The number of rotatable bonds is 5. The molecule has 8 heteroatoms. The SMILES string of the molecule is CC1CC(C)CN(S(=O)(=O)NCC(C)(O)C(=O)O)C1. The highest BCUT2D eigenvalue weighted by molar-refractivity contribution is 7.87. The summed E-state index contributed by atoms with van der Waals surface area (Å²) >= 11 is 0. The maximum absolute atomic E-state index is 12.1. The Morgan fingerprint density at radius 2 is 1.84 bits per heavy atom. The van der Waals surface area contributed by atoms with Gasteiger partial charge in [0.25, 0.3) is 10.2 Å². The number of carboxylic acids is 1. The van der Waals surface area contributed by atoms with Crippen LogP contribution in [0.4, 0.5) is 0 Å². The van der Waals surface area contributed by atoms with Crippen LogP contribution in [0.3, 0.4) is 0 Å². The number of aliphatic carboxylic acids is 1. The van der Waals surface area contributed by atoms with Gasteiger partial charge in [0, 0.05) is 13.1 Å². The minimum Gasteiger partial charge on any atom is -0.479 e. The first-order chi connectivity index (χ1) is 8.54. The molecule has 19 heavy (non-hydrogen) atoms. The van der Waals surface area contributed by atoms with Crippen LogP contribution in [0.1, 0.15) is 27.2 Å². The maximum Gasteiger partial charge on any atom is 0.336 e. The summed E-state index contributed by atoms with van der Waals surface area (Å²) < 4.78 is 27.6. The van der Waals surface area contributed by atoms with Crippen molar-refractivity contribution in [2.75, 3.05) is 19.6 Å². The van der Waals surface area contributed by atoms with Crippen LogP contribution < -0.4 is 4.72 Å². The fourth-order valence-corrected chi connectivity index (χ4v) is 3.75. The molecule has 1 heterocycles. The molecule has 0 aliphatic carbocycles. The van der Waals surface area contributed by atoms with Crippen molar-refractivity contribution in [1.29, 1.82) is 0 Å². The Kier molecular flexibility index (Phi) is 4.94. The van der Waals surface area contributed by atoms with Gasteiger partial charge >= 0.3 is 5.97 Å². The van der Waals surface area contributed by atoms with Crippen LogP contribution in [0.25, 0.3) is 0 Å². The van der Waals surface area contributed by atoms with E-state index in [2.05, 4.69) is 4.72 Å². The number of hydrogen-bond acceptors (Lipinski definition) is 4. The molecule has 7 nitrogen and oxygen atoms in total. The minimum atomic E-state index is -3.76. The number of carbonyl (C=O) groups is 1. The molecular formula is C11H22N2O5S. The van der Waals surface area contributed by atoms with Crippen molar-refractivity contribution in [3.63, 3.8) is 0 Å². The Hall–Kier alpha value is -0.700. The van der Waals surface area contributed by atoms with Gasteiger partial charge in [0.2, 0.25) is 0 Å². The monoisotopic (exact) mass is 294 g/mol. The molecule has 3 unspecified atom stereocenters. The van der Waals surface area contributed by atoms with E-state index in [0.29, 0.717) is 13.1 Å². The third-order valence-electron chi connectivity index (χ3n) is 3.23. The van der Waals surface area contributed by atoms with Crippen LogP contribution in [-0.2, 0) is 15.0 Å². The minimum absolute atomic E-state index is 0.264. The molecule has 0 amide bonds. The molecule has 0 bridgehead atoms. The summed E-state index contributed by atoms with van der Waals surface area (Å²) in [6.07, 6.45) is 0.971. The number of aliphatic hydroxyl groups is 1. The average Bonchev–Trinajstić information content (AvgIpc) is 2.25. The molecule has 1 aliphatic rings. The van der Waals surface area contributed by atoms with Gasteiger partial charge in [-0.1, -0.05) is 13.8 Å². The summed E-state index contributed by atoms with van der Waals surface area (Å²) in [5, 5.41) is 18.2. The quantitative estimate of drug-likeness (QED) is 0.641. The van der Waals surface area contributed by atoms with Gasteiger partial charge in [-0.25, -0.2) is 4.79 Å². The highest BCUT2D eigenvalue weighted by Crippen LogP contribution is 2.22. The van der Waals surface area contributed by atoms with E-state index >= 15 is 0 Å². The van der Waals surface area contributed by atoms with Crippen molar-refractivity contribution < 1.29 is 23.4 Å². The second-order valence-corrected chi connectivity index (χ2v) is 7.42. The summed E-state index contributed by atoms with van der Waals surface area (Å²) in [7, 11) is -3.76. The van der Waals surface area contributed by atoms with Crippen molar-refractivity contribution in [3.05, 3.63) is 0 Å². The van der Waals surface area contributed by atoms with Gasteiger partial charge in [-0.05, 0) is 25.2 Å². The lowest BCUT2D eigenvalue weighted by atomic mass is 9.94. The Morgan fingerprint density at radius 1 is 1.37 bits per heavy atom. The predicted octanol–water partition coefficient (Wildman–Crippen LogP) is -0.366. The zero-order valence-corrected chi connectivity index (χ0v) is 12.3. The predicted molar refractivity (Wildman–Crippen MR) is 69.7 cm³/mol. The molecule has 1 aliphatic heterocycles. The molecule has 3 atom stereocenters. The van der Waals surface area contributed by atoms with Crippen LogP contribution in [0.2, 0.25) is 0 Å². The fraction of sp³-hybridized carbons (Fsp3) is 0.909. The first-order valence-electron chi connectivity index (χ1n) is 6.25. The molecule has 0 saturated carbocycles. The van der Waals surface area contributed by atoms with Crippen molar-refractivity contribution in [2.24, 2.45) is 11.8 Å². The molecule has 1 saturated heterocycles. The third kappa shape index (κ3) is 4.41. The standard InChI is InChI=1S/C11H22N2O5S/c1-8-4-9(2)6-13(5-8)19(17,18)12-7-11(3,16)10(14)15/h8-9,12,16H,4-7H2,1-3H3,(H,14,15). The molecule has 0 aromatic heterocycles. The lowest BCUT2D eigenvalue weighted by Crippen LogP contribution is -2.53. The summed E-state index contributed by atoms with van der Waals surface area (Å²) in [5.74, 6) is -0.934. The topological polar surface area (TPSA) is 107 Å². The number of nitrogens with one attached hydrogen (secondary N) is 1. The summed E-state index contributed by atoms with van der Waals surface area (Å²) in [6.45, 7) is 5.28. The summed E-state index contributed by atoms with van der Waals surface area (Å²) in [4.78, 5) is 10.7. The summed E-state index contributed by atoms with van der Waals surface area (Å²) in [5.41, 5.74) is -2.11. The van der Waals surface area contributed by atoms with E-state index in [1.54, 1.807) is 0 Å². The van der Waals surface area contributed by atoms with E-state index in [0.717, 1.165) is 13.3 Å². The Balaban J connectivity index is 2.68. The van der Waals surface area contributed by atoms with Gasteiger partial charge in [-0.3, -0.25) is 0 Å². The third-order valence-corrected chi connectivity index (χ3v) is 4.72.